The second-order valence-corrected chi connectivity index (χ2v) is 56.8. The summed E-state index contributed by atoms with van der Waals surface area (Å²) in [6, 6.07) is 2.18. The van der Waals surface area contributed by atoms with E-state index in [1.54, 1.807) is 0 Å². The Morgan fingerprint density at radius 3 is 0.877 bits per heavy atom. The number of rotatable bonds is 5. The summed E-state index contributed by atoms with van der Waals surface area (Å²) in [5.41, 5.74) is 4.66. The van der Waals surface area contributed by atoms with Crippen LogP contribution in [0.3, 0.4) is 0 Å². The Kier molecular flexibility index (Phi) is 45.7. The van der Waals surface area contributed by atoms with Gasteiger partial charge in [-0.05, 0) is 355 Å². The van der Waals surface area contributed by atoms with Crippen LogP contribution in [0.5, 0.6) is 0 Å². The van der Waals surface area contributed by atoms with Crippen LogP contribution >= 0.6 is 0 Å². The number of piperidine rings is 2. The van der Waals surface area contributed by atoms with Crippen LogP contribution in [0, 0.1) is 131 Å². The third-order valence-corrected chi connectivity index (χ3v) is 34.8. The molecule has 0 spiro atoms. The molecule has 10 heteroatoms. The van der Waals surface area contributed by atoms with Crippen LogP contribution in [0.2, 0.25) is 0 Å². The van der Waals surface area contributed by atoms with E-state index in [1.165, 1.54) is 174 Å². The highest BCUT2D eigenvalue weighted by atomic mass is 32.2. The average molecular weight is 1650 g/mol. The van der Waals surface area contributed by atoms with Gasteiger partial charge >= 0.3 is 0 Å². The van der Waals surface area contributed by atoms with Crippen LogP contribution in [-0.4, -0.2) is 135 Å². The molecule has 8 aliphatic rings. The summed E-state index contributed by atoms with van der Waals surface area (Å²) in [6.45, 7) is 110. The molecule has 6 saturated heterocycles. The molecule has 114 heavy (non-hydrogen) atoms. The lowest BCUT2D eigenvalue weighted by Crippen LogP contribution is -2.47. The summed E-state index contributed by atoms with van der Waals surface area (Å²) in [4.78, 5) is 10.5. The molecule has 8 rings (SSSR count). The molecule has 0 radical (unpaired) electrons. The lowest BCUT2D eigenvalue weighted by Gasteiger charge is -2.44. The number of likely N-dealkylation sites (tertiary alicyclic amines) is 4. The average Bonchev–Trinajstić information content (AvgIpc) is 1.07. The van der Waals surface area contributed by atoms with Gasteiger partial charge < -0.3 is 14.7 Å². The van der Waals surface area contributed by atoms with Crippen molar-refractivity contribution in [1.82, 2.24) is 19.6 Å². The van der Waals surface area contributed by atoms with Crippen LogP contribution in [0.25, 0.3) is 0 Å². The summed E-state index contributed by atoms with van der Waals surface area (Å²) in [5.74, 6) is 10.3. The lowest BCUT2D eigenvalue weighted by atomic mass is 9.63. The zero-order chi connectivity index (χ0) is 89.0. The first-order chi connectivity index (χ1) is 51.1. The Bertz CT molecular complexity index is 2740. The summed E-state index contributed by atoms with van der Waals surface area (Å²) in [7, 11) is -5.66. The Morgan fingerprint density at radius 1 is 0.246 bits per heavy atom. The molecule has 2 saturated carbocycles. The Balaban J connectivity index is 0.000000652. The van der Waals surface area contributed by atoms with E-state index in [4.69, 9.17) is 0 Å². The van der Waals surface area contributed by atoms with Crippen molar-refractivity contribution in [2.75, 3.05) is 69.6 Å². The minimum Gasteiger partial charge on any atom is -0.301 e. The molecule has 6 heterocycles. The van der Waals surface area contributed by atoms with Crippen molar-refractivity contribution in [2.45, 2.75) is 468 Å². The first-order valence-corrected chi connectivity index (χ1v) is 52.0. The number of sulfone groups is 2. The monoisotopic (exact) mass is 1650 g/mol. The van der Waals surface area contributed by atoms with E-state index in [2.05, 4.69) is 303 Å². The van der Waals surface area contributed by atoms with Gasteiger partial charge in [-0.2, -0.15) is 0 Å². The highest BCUT2D eigenvalue weighted by molar-refractivity contribution is 7.92. The Morgan fingerprint density at radius 2 is 0.544 bits per heavy atom. The van der Waals surface area contributed by atoms with Crippen LogP contribution < -0.4 is 0 Å². The molecule has 11 unspecified atom stereocenters. The zero-order valence-electron chi connectivity index (χ0n) is 85.9. The van der Waals surface area contributed by atoms with Crippen molar-refractivity contribution in [3.05, 3.63) is 0 Å². The normalized spacial score (nSPS) is 28.4. The molecular formula is C104H212N4O4S2. The molecule has 0 bridgehead atoms. The first kappa shape index (κ1) is 112. The quantitative estimate of drug-likeness (QED) is 0.252. The molecule has 0 amide bonds. The first-order valence-electron chi connectivity index (χ1n) is 48.5. The molecule has 0 aromatic rings. The van der Waals surface area contributed by atoms with E-state index in [1.807, 2.05) is 13.8 Å². The molecule has 0 N–H and O–H groups in total. The molecule has 8 nitrogen and oxygen atoms in total. The highest BCUT2D eigenvalue weighted by Crippen LogP contribution is 2.48. The van der Waals surface area contributed by atoms with Crippen molar-refractivity contribution >= 4 is 19.7 Å². The van der Waals surface area contributed by atoms with E-state index < -0.39 is 19.7 Å². The summed E-state index contributed by atoms with van der Waals surface area (Å²) < 4.78 is 47.8. The molecule has 684 valence electrons. The minimum atomic E-state index is -2.86. The van der Waals surface area contributed by atoms with Crippen LogP contribution in [0.4, 0.5) is 0 Å². The second-order valence-electron chi connectivity index (χ2n) is 52.4. The van der Waals surface area contributed by atoms with Crippen LogP contribution in [0.1, 0.15) is 439 Å². The topological polar surface area (TPSA) is 81.2 Å². The van der Waals surface area contributed by atoms with E-state index in [0.29, 0.717) is 89.8 Å². The van der Waals surface area contributed by atoms with Crippen molar-refractivity contribution < 1.29 is 16.8 Å². The van der Waals surface area contributed by atoms with Gasteiger partial charge in [0.1, 0.15) is 0 Å². The molecular weight excluding hydrogens is 1430 g/mol. The molecule has 0 aromatic carbocycles. The molecule has 8 fully saturated rings. The fourth-order valence-electron chi connectivity index (χ4n) is 20.0. The van der Waals surface area contributed by atoms with Crippen LogP contribution in [-0.2, 0) is 19.7 Å². The van der Waals surface area contributed by atoms with Gasteiger partial charge in [0, 0.05) is 36.8 Å². The smallest absolute Gasteiger partial charge is 0.153 e. The summed E-state index contributed by atoms with van der Waals surface area (Å²) >= 11 is 0. The Labute approximate surface area is 720 Å². The third-order valence-electron chi connectivity index (χ3n) is 30.3. The molecule has 0 aromatic heterocycles. The lowest BCUT2D eigenvalue weighted by molar-refractivity contribution is 0.0532. The largest absolute Gasteiger partial charge is 0.301 e. The summed E-state index contributed by atoms with van der Waals surface area (Å²) in [5, 5.41) is -0.101. The minimum absolute atomic E-state index is 0.101. The van der Waals surface area contributed by atoms with Gasteiger partial charge in [-0.3, -0.25) is 4.90 Å². The molecule has 2 aliphatic carbocycles. The van der Waals surface area contributed by atoms with Gasteiger partial charge in [-0.1, -0.05) is 255 Å². The predicted octanol–water partition coefficient (Wildman–Crippen LogP) is 29.6. The van der Waals surface area contributed by atoms with Gasteiger partial charge in [0.2, 0.25) is 0 Å². The maximum Gasteiger partial charge on any atom is 0.153 e. The van der Waals surface area contributed by atoms with Gasteiger partial charge in [-0.25, -0.2) is 16.8 Å². The number of nitrogens with zero attached hydrogens (tertiary/aromatic N) is 4. The van der Waals surface area contributed by atoms with E-state index in [9.17, 15) is 16.8 Å². The summed E-state index contributed by atoms with van der Waals surface area (Å²) in [6.07, 6.45) is 30.1. The van der Waals surface area contributed by atoms with E-state index in [0.717, 1.165) is 84.7 Å². The SMILES string of the molecule is CC(C)(C)C1CCCC(C(C)(C)C)C1.CC(C)(C)C1CCCC(C(C)(C)C)CC1.CC(C)(C)C1CCN(C(C)(C)C)CC1.CC(C)C1CC(C(C)(C)C)CS(=O)(=O)C1.CC(C)C1CCC(C(C)(C)C)CS1(=O)=O.CC(C)N1CCCC(C(C)(C)C)C1.CC(C)N1CCCC(C(C)(C)C)CC1.CC(C)N1CCCCC(C(C)(C)C)C1. The standard InChI is InChI=1S/C15H30.C14H28.3C13H27N.C12H25N.2C12H24O2S/c1-14(2,3)12-8-7-9-13(11-10-12)15(4,5)6;1-13(2,3)11-8-7-9-12(10-11)14(4,5)6;1-12(2,3)11-7-9-14(10-8-11)13(4,5)6;1-11(2)14-9-6-7-12(8-10-14)13(3,4)5;1-11(2)14-9-7-6-8-12(10-14)13(3,4)5;1-10(2)13-8-6-7-11(9-13)12(3,4)5;1-9(2)10-6-11(12(3,4)5)8-15(13,14)7-10;1-9(2)11-7-6-10(12(3,4)5)8-15(11,13)14/h12-13H,7-11H2,1-6H3;11-12H,7-10H2,1-6H3;11H,7-10H2,1-6H3;2*11-12H,6-10H2,1-5H3;10-11H,6-9H2,1-5H3;2*9-11H,6-8H2,1-5H3. The van der Waals surface area contributed by atoms with E-state index >= 15 is 0 Å². The van der Waals surface area contributed by atoms with Crippen molar-refractivity contribution in [1.29, 1.82) is 0 Å². The van der Waals surface area contributed by atoms with Gasteiger partial charge in [-0.15, -0.1) is 0 Å². The van der Waals surface area contributed by atoms with Gasteiger partial charge in [0.05, 0.1) is 22.5 Å². The molecule has 6 aliphatic heterocycles. The number of hydrogen-bond donors (Lipinski definition) is 0. The molecule has 11 atom stereocenters. The highest BCUT2D eigenvalue weighted by Gasteiger charge is 2.43. The van der Waals surface area contributed by atoms with Gasteiger partial charge in [0.25, 0.3) is 0 Å². The zero-order valence-corrected chi connectivity index (χ0v) is 87.5. The van der Waals surface area contributed by atoms with Crippen LogP contribution in [0.15, 0.2) is 0 Å². The van der Waals surface area contributed by atoms with Gasteiger partial charge in [0.15, 0.2) is 19.7 Å². The van der Waals surface area contributed by atoms with Crippen molar-refractivity contribution in [2.24, 2.45) is 131 Å². The Hall–Kier alpha value is -0.260. The van der Waals surface area contributed by atoms with E-state index in [-0.39, 0.29) is 22.0 Å². The fourth-order valence-corrected chi connectivity index (χ4v) is 25.3. The van der Waals surface area contributed by atoms with Crippen molar-refractivity contribution in [3.8, 4) is 0 Å². The van der Waals surface area contributed by atoms with Crippen molar-refractivity contribution in [3.63, 3.8) is 0 Å². The fraction of sp³-hybridized carbons (Fsp3) is 1.00. The maximum atomic E-state index is 12.1. The number of hydrogen-bond acceptors (Lipinski definition) is 8. The second kappa shape index (κ2) is 46.6. The maximum absolute atomic E-state index is 12.1. The third kappa shape index (κ3) is 42.9. The predicted molar refractivity (Wildman–Crippen MR) is 512 cm³/mol.